The van der Waals surface area contributed by atoms with Crippen molar-refractivity contribution >= 4 is 0 Å². The van der Waals surface area contributed by atoms with Crippen LogP contribution in [0.15, 0.2) is 54.6 Å². The highest BCUT2D eigenvalue weighted by molar-refractivity contribution is 5.65. The molecule has 0 aliphatic rings. The molecule has 0 radical (unpaired) electrons. The lowest BCUT2D eigenvalue weighted by Crippen LogP contribution is -2.35. The van der Waals surface area contributed by atoms with E-state index in [0.717, 1.165) is 42.6 Å². The van der Waals surface area contributed by atoms with E-state index >= 15 is 0 Å². The summed E-state index contributed by atoms with van der Waals surface area (Å²) in [6.45, 7) is 7.01. The first kappa shape index (κ1) is 25.9. The van der Waals surface area contributed by atoms with Crippen molar-refractivity contribution in [1.29, 1.82) is 0 Å². The maximum absolute atomic E-state index is 13.8. The first-order valence-electron chi connectivity index (χ1n) is 12.0. The van der Waals surface area contributed by atoms with Gasteiger partial charge in [0.1, 0.15) is 17.3 Å². The van der Waals surface area contributed by atoms with Gasteiger partial charge in [-0.3, -0.25) is 4.90 Å². The van der Waals surface area contributed by atoms with Crippen LogP contribution in [0.3, 0.4) is 0 Å². The fraction of sp³-hybridized carbons (Fsp3) is 0.444. The molecule has 1 atom stereocenters. The van der Waals surface area contributed by atoms with Crippen molar-refractivity contribution in [3.8, 4) is 22.9 Å². The lowest BCUT2D eigenvalue weighted by Gasteiger charge is -2.25. The number of hydrogen-bond donors (Lipinski definition) is 1. The van der Waals surface area contributed by atoms with Gasteiger partial charge in [0.2, 0.25) is 5.88 Å². The third kappa shape index (κ3) is 7.38. The Bertz CT molecular complexity index is 1010. The highest BCUT2D eigenvalue weighted by Gasteiger charge is 2.23. The predicted octanol–water partition coefficient (Wildman–Crippen LogP) is 5.41. The van der Waals surface area contributed by atoms with Gasteiger partial charge in [0.25, 0.3) is 0 Å². The molecule has 0 bridgehead atoms. The number of hydrogen-bond acceptors (Lipinski definition) is 5. The average Bonchev–Trinajstić information content (AvgIpc) is 3.12. The second kappa shape index (κ2) is 13.2. The molecule has 0 amide bonds. The van der Waals surface area contributed by atoms with Crippen LogP contribution in [0.1, 0.15) is 38.7 Å². The molecule has 184 valence electrons. The summed E-state index contributed by atoms with van der Waals surface area (Å²) >= 11 is 0. The number of nitrogens with zero attached hydrogens (tertiary/aromatic N) is 3. The van der Waals surface area contributed by atoms with Gasteiger partial charge in [0, 0.05) is 38.4 Å². The molecule has 0 fully saturated rings. The molecule has 0 unspecified atom stereocenters. The van der Waals surface area contributed by atoms with Crippen LogP contribution in [-0.2, 0) is 18.3 Å². The smallest absolute Gasteiger partial charge is 0.222 e. The van der Waals surface area contributed by atoms with Gasteiger partial charge in [-0.15, -0.1) is 0 Å². The summed E-state index contributed by atoms with van der Waals surface area (Å²) in [4.78, 5) is 2.19. The number of rotatable bonds is 14. The molecule has 7 heteroatoms. The number of unbranched alkanes of at least 4 members (excludes halogenated alkanes) is 1. The van der Waals surface area contributed by atoms with Crippen molar-refractivity contribution in [2.75, 3.05) is 26.3 Å². The van der Waals surface area contributed by atoms with Crippen molar-refractivity contribution in [2.45, 2.75) is 45.8 Å². The molecule has 3 rings (SSSR count). The van der Waals surface area contributed by atoms with Crippen molar-refractivity contribution < 1.29 is 19.0 Å². The summed E-state index contributed by atoms with van der Waals surface area (Å²) in [6, 6.07) is 16.0. The standard InChI is InChI=1S/C27H36FN3O3/c1-4-6-16-33-20-23(32)18-31(15-5-2)19-25-26(21-11-8-7-9-12-21)29-30(3)27(25)34-24-14-10-13-22(28)17-24/h7-14,17,23,32H,4-6,15-16,18-20H2,1-3H3/t23-/m0/s1. The number of aromatic nitrogens is 2. The summed E-state index contributed by atoms with van der Waals surface area (Å²) in [5.41, 5.74) is 2.68. The number of ether oxygens (including phenoxy) is 2. The number of halogens is 1. The molecular weight excluding hydrogens is 433 g/mol. The SMILES string of the molecule is CCCCOC[C@@H](O)CN(CCC)Cc1c(-c2ccccc2)nn(C)c1Oc1cccc(F)c1. The molecule has 3 aromatic rings. The average molecular weight is 470 g/mol. The summed E-state index contributed by atoms with van der Waals surface area (Å²) in [7, 11) is 1.82. The van der Waals surface area contributed by atoms with Crippen molar-refractivity contribution in [1.82, 2.24) is 14.7 Å². The molecule has 0 aliphatic carbocycles. The third-order valence-corrected chi connectivity index (χ3v) is 5.49. The number of aliphatic hydroxyl groups excluding tert-OH is 1. The van der Waals surface area contributed by atoms with Crippen LogP contribution in [0.25, 0.3) is 11.3 Å². The van der Waals surface area contributed by atoms with Gasteiger partial charge in [-0.2, -0.15) is 5.10 Å². The van der Waals surface area contributed by atoms with E-state index in [9.17, 15) is 9.50 Å². The summed E-state index contributed by atoms with van der Waals surface area (Å²) in [6.07, 6.45) is 2.40. The van der Waals surface area contributed by atoms with Gasteiger partial charge < -0.3 is 14.6 Å². The number of aliphatic hydroxyl groups is 1. The summed E-state index contributed by atoms with van der Waals surface area (Å²) in [5.74, 6) is 0.609. The highest BCUT2D eigenvalue weighted by Crippen LogP contribution is 2.34. The predicted molar refractivity (Wildman–Crippen MR) is 132 cm³/mol. The maximum atomic E-state index is 13.8. The van der Waals surface area contributed by atoms with Gasteiger partial charge in [-0.1, -0.05) is 56.7 Å². The van der Waals surface area contributed by atoms with E-state index < -0.39 is 6.10 Å². The van der Waals surface area contributed by atoms with Gasteiger partial charge >= 0.3 is 0 Å². The fourth-order valence-corrected chi connectivity index (χ4v) is 3.88. The Hall–Kier alpha value is -2.74. The first-order valence-corrected chi connectivity index (χ1v) is 12.0. The topological polar surface area (TPSA) is 59.8 Å². The second-order valence-corrected chi connectivity index (χ2v) is 8.50. The fourth-order valence-electron chi connectivity index (χ4n) is 3.88. The van der Waals surface area contributed by atoms with Crippen molar-refractivity contribution in [3.63, 3.8) is 0 Å². The van der Waals surface area contributed by atoms with E-state index in [1.54, 1.807) is 16.8 Å². The van der Waals surface area contributed by atoms with E-state index in [1.165, 1.54) is 12.1 Å². The Labute approximate surface area is 201 Å². The van der Waals surface area contributed by atoms with Gasteiger partial charge in [-0.25, -0.2) is 9.07 Å². The van der Waals surface area contributed by atoms with Crippen LogP contribution >= 0.6 is 0 Å². The Morgan fingerprint density at radius 3 is 2.59 bits per heavy atom. The van der Waals surface area contributed by atoms with E-state index in [0.29, 0.717) is 37.9 Å². The van der Waals surface area contributed by atoms with Crippen LogP contribution in [0.4, 0.5) is 4.39 Å². The van der Waals surface area contributed by atoms with E-state index in [2.05, 4.69) is 18.7 Å². The van der Waals surface area contributed by atoms with Gasteiger partial charge in [0.05, 0.1) is 18.3 Å². The zero-order valence-electron chi connectivity index (χ0n) is 20.4. The van der Waals surface area contributed by atoms with Crippen LogP contribution in [0, 0.1) is 5.82 Å². The van der Waals surface area contributed by atoms with Crippen LogP contribution in [-0.4, -0.2) is 52.2 Å². The van der Waals surface area contributed by atoms with Gasteiger partial charge in [0.15, 0.2) is 0 Å². The monoisotopic (exact) mass is 469 g/mol. The molecule has 0 aliphatic heterocycles. The zero-order chi connectivity index (χ0) is 24.3. The molecule has 1 heterocycles. The van der Waals surface area contributed by atoms with Crippen molar-refractivity contribution in [2.24, 2.45) is 7.05 Å². The number of aryl methyl sites for hydroxylation is 1. The molecule has 1 aromatic heterocycles. The second-order valence-electron chi connectivity index (χ2n) is 8.50. The molecule has 0 spiro atoms. The van der Waals surface area contributed by atoms with Crippen LogP contribution in [0.5, 0.6) is 11.6 Å². The van der Waals surface area contributed by atoms with Crippen molar-refractivity contribution in [3.05, 3.63) is 66.0 Å². The summed E-state index contributed by atoms with van der Waals surface area (Å²) in [5, 5.41) is 15.3. The third-order valence-electron chi connectivity index (χ3n) is 5.49. The maximum Gasteiger partial charge on any atom is 0.222 e. The molecule has 0 saturated heterocycles. The molecule has 0 saturated carbocycles. The molecule has 1 N–H and O–H groups in total. The highest BCUT2D eigenvalue weighted by atomic mass is 19.1. The Morgan fingerprint density at radius 2 is 1.88 bits per heavy atom. The Kier molecular flexibility index (Phi) is 10.1. The minimum absolute atomic E-state index is 0.311. The molecular formula is C27H36FN3O3. The van der Waals surface area contributed by atoms with Crippen LogP contribution < -0.4 is 4.74 Å². The van der Waals surface area contributed by atoms with E-state index in [1.807, 2.05) is 37.4 Å². The zero-order valence-corrected chi connectivity index (χ0v) is 20.4. The molecule has 34 heavy (non-hydrogen) atoms. The molecule has 2 aromatic carbocycles. The van der Waals surface area contributed by atoms with Crippen LogP contribution in [0.2, 0.25) is 0 Å². The minimum Gasteiger partial charge on any atom is -0.439 e. The first-order chi connectivity index (χ1) is 16.5. The van der Waals surface area contributed by atoms with E-state index in [-0.39, 0.29) is 5.82 Å². The molecule has 6 nitrogen and oxygen atoms in total. The normalized spacial score (nSPS) is 12.3. The quantitative estimate of drug-likeness (QED) is 0.320. The minimum atomic E-state index is -0.590. The van der Waals surface area contributed by atoms with Gasteiger partial charge in [-0.05, 0) is 31.5 Å². The number of benzene rings is 2. The summed E-state index contributed by atoms with van der Waals surface area (Å²) < 4.78 is 27.3. The Balaban J connectivity index is 1.88. The lowest BCUT2D eigenvalue weighted by molar-refractivity contribution is 0.0143. The lowest BCUT2D eigenvalue weighted by atomic mass is 10.1. The Morgan fingerprint density at radius 1 is 1.09 bits per heavy atom. The largest absolute Gasteiger partial charge is 0.439 e. The van der Waals surface area contributed by atoms with E-state index in [4.69, 9.17) is 14.6 Å².